The highest BCUT2D eigenvalue weighted by molar-refractivity contribution is 7.89. The first-order valence-corrected chi connectivity index (χ1v) is 6.97. The van der Waals surface area contributed by atoms with E-state index >= 15 is 0 Å². The summed E-state index contributed by atoms with van der Waals surface area (Å²) >= 11 is 0. The van der Waals surface area contributed by atoms with Crippen molar-refractivity contribution in [3.05, 3.63) is 0 Å². The summed E-state index contributed by atoms with van der Waals surface area (Å²) < 4.78 is 24.2. The van der Waals surface area contributed by atoms with Gasteiger partial charge in [0.25, 0.3) is 0 Å². The molecule has 0 aromatic carbocycles. The van der Waals surface area contributed by atoms with Gasteiger partial charge in [-0.2, -0.15) is 0 Å². The van der Waals surface area contributed by atoms with Crippen molar-refractivity contribution in [2.45, 2.75) is 18.9 Å². The van der Waals surface area contributed by atoms with Gasteiger partial charge in [0.05, 0.1) is 5.75 Å². The van der Waals surface area contributed by atoms with Crippen molar-refractivity contribution in [1.29, 1.82) is 0 Å². The van der Waals surface area contributed by atoms with Crippen LogP contribution in [0.1, 0.15) is 12.8 Å². The summed E-state index contributed by atoms with van der Waals surface area (Å²) in [6, 6.07) is 0.427. The van der Waals surface area contributed by atoms with E-state index in [1.807, 2.05) is 0 Å². The van der Waals surface area contributed by atoms with E-state index in [0.29, 0.717) is 12.6 Å². The Morgan fingerprint density at radius 1 is 1.47 bits per heavy atom. The normalized spacial score (nSPS) is 23.3. The minimum atomic E-state index is -3.05. The molecule has 15 heavy (non-hydrogen) atoms. The zero-order chi connectivity index (χ0) is 11.3. The summed E-state index contributed by atoms with van der Waals surface area (Å²) in [6.07, 6.45) is 2.30. The molecule has 0 unspecified atom stereocenters. The van der Waals surface area contributed by atoms with Crippen LogP contribution in [-0.4, -0.2) is 58.2 Å². The van der Waals surface area contributed by atoms with Crippen LogP contribution in [0.25, 0.3) is 0 Å². The maximum atomic E-state index is 11.4. The van der Waals surface area contributed by atoms with Crippen molar-refractivity contribution in [3.8, 4) is 0 Å². The number of rotatable bonds is 5. The van der Waals surface area contributed by atoms with Gasteiger partial charge >= 0.3 is 0 Å². The van der Waals surface area contributed by atoms with Gasteiger partial charge in [-0.05, 0) is 19.4 Å². The van der Waals surface area contributed by atoms with Gasteiger partial charge in [-0.15, -0.1) is 0 Å². The average molecular weight is 235 g/mol. The Bertz CT molecular complexity index is 271. The maximum Gasteiger partial charge on any atom is 0.214 e. The van der Waals surface area contributed by atoms with Crippen LogP contribution in [0.3, 0.4) is 0 Å². The van der Waals surface area contributed by atoms with Crippen LogP contribution in [-0.2, 0) is 10.0 Å². The lowest BCUT2D eigenvalue weighted by atomic mass is 10.1. The van der Waals surface area contributed by atoms with Crippen LogP contribution in [0.4, 0.5) is 0 Å². The molecule has 0 bridgehead atoms. The summed E-state index contributed by atoms with van der Waals surface area (Å²) in [7, 11) is 0.0853. The van der Waals surface area contributed by atoms with E-state index in [-0.39, 0.29) is 5.75 Å². The fraction of sp³-hybridized carbons (Fsp3) is 1.00. The second kappa shape index (κ2) is 5.79. The molecule has 2 N–H and O–H groups in total. The van der Waals surface area contributed by atoms with Crippen LogP contribution in [0.15, 0.2) is 0 Å². The smallest absolute Gasteiger partial charge is 0.214 e. The largest absolute Gasteiger partial charge is 0.315 e. The van der Waals surface area contributed by atoms with E-state index in [1.165, 1.54) is 4.31 Å². The van der Waals surface area contributed by atoms with E-state index in [4.69, 9.17) is 0 Å². The molecule has 0 aromatic rings. The summed E-state index contributed by atoms with van der Waals surface area (Å²) in [5.41, 5.74) is 0. The Morgan fingerprint density at radius 2 is 2.20 bits per heavy atom. The third-order valence-corrected chi connectivity index (χ3v) is 4.48. The molecule has 1 heterocycles. The molecule has 0 saturated carbocycles. The molecule has 1 rings (SSSR count). The first-order valence-electron chi connectivity index (χ1n) is 5.36. The van der Waals surface area contributed by atoms with Crippen LogP contribution in [0, 0.1) is 0 Å². The van der Waals surface area contributed by atoms with Gasteiger partial charge in [0, 0.05) is 33.2 Å². The Hall–Kier alpha value is -0.170. The maximum absolute atomic E-state index is 11.4. The zero-order valence-corrected chi connectivity index (χ0v) is 10.3. The average Bonchev–Trinajstić information content (AvgIpc) is 2.19. The van der Waals surface area contributed by atoms with Gasteiger partial charge in [0.2, 0.25) is 10.0 Å². The molecular weight excluding hydrogens is 214 g/mol. The molecule has 1 fully saturated rings. The van der Waals surface area contributed by atoms with Gasteiger partial charge in [-0.3, -0.25) is 0 Å². The molecule has 0 spiro atoms. The first kappa shape index (κ1) is 12.9. The molecule has 0 aliphatic carbocycles. The van der Waals surface area contributed by atoms with E-state index in [9.17, 15) is 8.42 Å². The molecule has 1 aliphatic heterocycles. The topological polar surface area (TPSA) is 61.4 Å². The minimum Gasteiger partial charge on any atom is -0.315 e. The molecule has 0 radical (unpaired) electrons. The fourth-order valence-corrected chi connectivity index (χ4v) is 2.34. The van der Waals surface area contributed by atoms with Crippen molar-refractivity contribution < 1.29 is 8.42 Å². The van der Waals surface area contributed by atoms with E-state index in [1.54, 1.807) is 14.1 Å². The van der Waals surface area contributed by atoms with Crippen LogP contribution in [0.2, 0.25) is 0 Å². The van der Waals surface area contributed by atoms with Crippen LogP contribution < -0.4 is 10.6 Å². The number of sulfonamides is 1. The molecule has 90 valence electrons. The second-order valence-corrected chi connectivity index (χ2v) is 6.40. The van der Waals surface area contributed by atoms with Gasteiger partial charge in [-0.1, -0.05) is 0 Å². The van der Waals surface area contributed by atoms with E-state index < -0.39 is 10.0 Å². The van der Waals surface area contributed by atoms with E-state index in [2.05, 4.69) is 10.6 Å². The number of hydrogen-bond acceptors (Lipinski definition) is 4. The standard InChI is InChI=1S/C9H21N3O2S/c1-12(2)15(13,14)7-6-11-9-4-3-5-10-8-9/h9-11H,3-8H2,1-2H3/t9-/m0/s1. The predicted molar refractivity (Wildman–Crippen MR) is 61.4 cm³/mol. The summed E-state index contributed by atoms with van der Waals surface area (Å²) in [5.74, 6) is 0.177. The van der Waals surface area contributed by atoms with Gasteiger partial charge in [-0.25, -0.2) is 12.7 Å². The SMILES string of the molecule is CN(C)S(=O)(=O)CCN[C@H]1CCCNC1. The van der Waals surface area contributed by atoms with Gasteiger partial charge in [0.15, 0.2) is 0 Å². The van der Waals surface area contributed by atoms with Crippen LogP contribution >= 0.6 is 0 Å². The molecule has 0 amide bonds. The molecule has 1 aliphatic rings. The zero-order valence-electron chi connectivity index (χ0n) is 9.49. The Balaban J connectivity index is 2.20. The van der Waals surface area contributed by atoms with Crippen molar-refractivity contribution in [1.82, 2.24) is 14.9 Å². The molecule has 5 nitrogen and oxygen atoms in total. The molecule has 0 aromatic heterocycles. The highest BCUT2D eigenvalue weighted by atomic mass is 32.2. The van der Waals surface area contributed by atoms with Crippen molar-refractivity contribution in [3.63, 3.8) is 0 Å². The number of hydrogen-bond donors (Lipinski definition) is 2. The first-order chi connectivity index (χ1) is 7.02. The summed E-state index contributed by atoms with van der Waals surface area (Å²) in [4.78, 5) is 0. The van der Waals surface area contributed by atoms with Gasteiger partial charge < -0.3 is 10.6 Å². The number of nitrogens with zero attached hydrogens (tertiary/aromatic N) is 1. The number of nitrogens with one attached hydrogen (secondary N) is 2. The Labute approximate surface area is 92.3 Å². The van der Waals surface area contributed by atoms with Crippen molar-refractivity contribution in [2.75, 3.05) is 39.5 Å². The van der Waals surface area contributed by atoms with Crippen molar-refractivity contribution in [2.24, 2.45) is 0 Å². The second-order valence-electron chi connectivity index (χ2n) is 4.10. The van der Waals surface area contributed by atoms with Crippen LogP contribution in [0.5, 0.6) is 0 Å². The summed E-state index contributed by atoms with van der Waals surface area (Å²) in [5, 5.41) is 6.55. The third kappa shape index (κ3) is 4.46. The molecule has 1 saturated heterocycles. The quantitative estimate of drug-likeness (QED) is 0.656. The molecule has 6 heteroatoms. The predicted octanol–water partition coefficient (Wildman–Crippen LogP) is -0.781. The van der Waals surface area contributed by atoms with E-state index in [0.717, 1.165) is 25.9 Å². The third-order valence-electron chi connectivity index (χ3n) is 2.65. The highest BCUT2D eigenvalue weighted by Gasteiger charge is 2.15. The van der Waals surface area contributed by atoms with Gasteiger partial charge in [0.1, 0.15) is 0 Å². The highest BCUT2D eigenvalue weighted by Crippen LogP contribution is 2.01. The number of piperidine rings is 1. The van der Waals surface area contributed by atoms with Crippen molar-refractivity contribution >= 4 is 10.0 Å². The Kier molecular flexibility index (Phi) is 4.98. The summed E-state index contributed by atoms with van der Waals surface area (Å²) in [6.45, 7) is 2.56. The minimum absolute atomic E-state index is 0.177. The fourth-order valence-electron chi connectivity index (χ4n) is 1.60. The lowest BCUT2D eigenvalue weighted by molar-refractivity contribution is 0.396. The molecular formula is C9H21N3O2S. The molecule has 1 atom stereocenters. The lowest BCUT2D eigenvalue weighted by Crippen LogP contribution is -2.45. The monoisotopic (exact) mass is 235 g/mol. The lowest BCUT2D eigenvalue weighted by Gasteiger charge is -2.24. The Morgan fingerprint density at radius 3 is 2.73 bits per heavy atom.